The fourth-order valence-electron chi connectivity index (χ4n) is 3.87. The maximum atomic E-state index is 9.96. The van der Waals surface area contributed by atoms with Crippen molar-refractivity contribution >= 4 is 0 Å². The molecule has 0 unspecified atom stereocenters. The number of pyridine rings is 2. The number of rotatable bonds is 3. The van der Waals surface area contributed by atoms with Crippen LogP contribution in [0.2, 0.25) is 0 Å². The number of hydrogen-bond acceptors (Lipinski definition) is 5. The molecule has 2 aromatic rings. The number of hydrogen-bond donors (Lipinski definition) is 0. The Morgan fingerprint density at radius 3 is 2.92 bits per heavy atom. The van der Waals surface area contributed by atoms with Crippen molar-refractivity contribution in [3.63, 3.8) is 0 Å². The van der Waals surface area contributed by atoms with Crippen molar-refractivity contribution in [2.24, 2.45) is 0 Å². The van der Waals surface area contributed by atoms with Crippen molar-refractivity contribution in [1.29, 1.82) is 5.26 Å². The van der Waals surface area contributed by atoms with Crippen LogP contribution in [0.1, 0.15) is 48.2 Å². The number of nitriles is 1. The molecule has 3 heterocycles. The first-order chi connectivity index (χ1) is 12.8. The zero-order valence-electron chi connectivity index (χ0n) is 15.1. The van der Waals surface area contributed by atoms with E-state index in [1.54, 1.807) is 6.20 Å². The summed E-state index contributed by atoms with van der Waals surface area (Å²) in [4.78, 5) is 9.11. The maximum Gasteiger partial charge on any atom is 0.232 e. The van der Waals surface area contributed by atoms with Gasteiger partial charge in [0.25, 0.3) is 0 Å². The first-order valence-corrected chi connectivity index (χ1v) is 9.39. The molecular formula is C21H23N3O2. The molecule has 2 aromatic heterocycles. The van der Waals surface area contributed by atoms with Gasteiger partial charge in [-0.15, -0.1) is 0 Å². The first kappa shape index (κ1) is 17.0. The lowest BCUT2D eigenvalue weighted by molar-refractivity contribution is 0.137. The van der Waals surface area contributed by atoms with Gasteiger partial charge in [-0.2, -0.15) is 5.26 Å². The monoisotopic (exact) mass is 349 g/mol. The zero-order valence-corrected chi connectivity index (χ0v) is 15.1. The van der Waals surface area contributed by atoms with Crippen LogP contribution in [0.25, 0.3) is 11.1 Å². The van der Waals surface area contributed by atoms with Gasteiger partial charge < -0.3 is 9.47 Å². The van der Waals surface area contributed by atoms with E-state index >= 15 is 0 Å². The Labute approximate surface area is 154 Å². The minimum Gasteiger partial charge on any atom is -0.471 e. The van der Waals surface area contributed by atoms with Crippen molar-refractivity contribution in [1.82, 2.24) is 9.97 Å². The van der Waals surface area contributed by atoms with Crippen molar-refractivity contribution < 1.29 is 9.47 Å². The van der Waals surface area contributed by atoms with Gasteiger partial charge in [0.05, 0.1) is 13.2 Å². The van der Waals surface area contributed by atoms with Gasteiger partial charge in [-0.05, 0) is 55.9 Å². The summed E-state index contributed by atoms with van der Waals surface area (Å²) in [6.45, 7) is 3.24. The minimum atomic E-state index is -0.0227. The summed E-state index contributed by atoms with van der Waals surface area (Å²) in [7, 11) is 0. The second-order valence-electron chi connectivity index (χ2n) is 7.05. The first-order valence-electron chi connectivity index (χ1n) is 9.39. The summed E-state index contributed by atoms with van der Waals surface area (Å²) in [6, 6.07) is 6.41. The Bertz CT molecular complexity index is 851. The highest BCUT2D eigenvalue weighted by Gasteiger charge is 2.26. The van der Waals surface area contributed by atoms with E-state index in [0.29, 0.717) is 24.7 Å². The number of aromatic nitrogens is 2. The number of fused-ring (bicyclic) bond motifs is 1. The second-order valence-corrected chi connectivity index (χ2v) is 7.05. The minimum absolute atomic E-state index is 0.0227. The average molecular weight is 349 g/mol. The highest BCUT2D eigenvalue weighted by atomic mass is 16.5. The molecule has 0 aromatic carbocycles. The van der Waals surface area contributed by atoms with Gasteiger partial charge in [-0.3, -0.25) is 4.98 Å². The molecule has 1 atom stereocenters. The summed E-state index contributed by atoms with van der Waals surface area (Å²) in [5, 5.41) is 9.96. The molecule has 5 nitrogen and oxygen atoms in total. The molecule has 134 valence electrons. The van der Waals surface area contributed by atoms with Crippen LogP contribution in [0.3, 0.4) is 0 Å². The van der Waals surface area contributed by atoms with E-state index < -0.39 is 0 Å². The molecule has 1 fully saturated rings. The Morgan fingerprint density at radius 2 is 2.15 bits per heavy atom. The van der Waals surface area contributed by atoms with Crippen LogP contribution in [0.4, 0.5) is 0 Å². The Hall–Kier alpha value is -2.45. The Balaban J connectivity index is 1.89. The van der Waals surface area contributed by atoms with Crippen LogP contribution in [0, 0.1) is 18.3 Å². The van der Waals surface area contributed by atoms with E-state index in [2.05, 4.69) is 11.1 Å². The second kappa shape index (κ2) is 7.43. The van der Waals surface area contributed by atoms with E-state index in [1.165, 1.54) is 12.0 Å². The molecule has 0 N–H and O–H groups in total. The van der Waals surface area contributed by atoms with Crippen LogP contribution < -0.4 is 4.74 Å². The van der Waals surface area contributed by atoms with Gasteiger partial charge in [-0.1, -0.05) is 6.42 Å². The van der Waals surface area contributed by atoms with Crippen molar-refractivity contribution in [2.45, 2.75) is 51.6 Å². The molecular weight excluding hydrogens is 326 g/mol. The lowest BCUT2D eigenvalue weighted by Crippen LogP contribution is -2.18. The smallest absolute Gasteiger partial charge is 0.232 e. The molecule has 4 rings (SSSR count). The summed E-state index contributed by atoms with van der Waals surface area (Å²) >= 11 is 0. The third kappa shape index (κ3) is 3.30. The number of aryl methyl sites for hydroxylation is 2. The number of ether oxygens (including phenoxy) is 2. The van der Waals surface area contributed by atoms with E-state index in [9.17, 15) is 5.26 Å². The molecule has 0 bridgehead atoms. The lowest BCUT2D eigenvalue weighted by Gasteiger charge is -2.19. The normalized spacial score (nSPS) is 19.5. The molecule has 0 spiro atoms. The molecule has 0 radical (unpaired) electrons. The third-order valence-corrected chi connectivity index (χ3v) is 5.15. The fraction of sp³-hybridized carbons (Fsp3) is 0.476. The van der Waals surface area contributed by atoms with Gasteiger partial charge in [0.2, 0.25) is 5.88 Å². The molecule has 0 amide bonds. The summed E-state index contributed by atoms with van der Waals surface area (Å²) in [6.07, 6.45) is 7.98. The topological polar surface area (TPSA) is 68.0 Å². The summed E-state index contributed by atoms with van der Waals surface area (Å²) < 4.78 is 11.5. The van der Waals surface area contributed by atoms with Gasteiger partial charge in [0.15, 0.2) is 0 Å². The zero-order chi connectivity index (χ0) is 17.9. The Morgan fingerprint density at radius 1 is 1.27 bits per heavy atom. The highest BCUT2D eigenvalue weighted by Crippen LogP contribution is 2.37. The van der Waals surface area contributed by atoms with Gasteiger partial charge in [0.1, 0.15) is 17.7 Å². The Kier molecular flexibility index (Phi) is 4.85. The van der Waals surface area contributed by atoms with Gasteiger partial charge in [0, 0.05) is 29.6 Å². The number of nitrogens with zero attached hydrogens (tertiary/aromatic N) is 3. The molecule has 2 aliphatic rings. The molecule has 1 aliphatic carbocycles. The predicted octanol–water partition coefficient (Wildman–Crippen LogP) is 3.76. The van der Waals surface area contributed by atoms with Crippen LogP contribution in [0.15, 0.2) is 18.3 Å². The lowest BCUT2D eigenvalue weighted by atomic mass is 9.92. The SMILES string of the molecule is Cc1cc(-c2c(C#N)c(O[C@H]3CCOC3)nc3c2CCCCC3)ccn1. The van der Waals surface area contributed by atoms with E-state index in [4.69, 9.17) is 14.5 Å². The van der Waals surface area contributed by atoms with E-state index in [0.717, 1.165) is 54.6 Å². The predicted molar refractivity (Wildman–Crippen MR) is 98.0 cm³/mol. The molecule has 1 saturated heterocycles. The molecule has 5 heteroatoms. The molecule has 0 saturated carbocycles. The molecule has 1 aliphatic heterocycles. The van der Waals surface area contributed by atoms with Gasteiger partial charge in [-0.25, -0.2) is 4.98 Å². The maximum absolute atomic E-state index is 9.96. The fourth-order valence-corrected chi connectivity index (χ4v) is 3.87. The molecule has 26 heavy (non-hydrogen) atoms. The summed E-state index contributed by atoms with van der Waals surface area (Å²) in [5.74, 6) is 0.466. The standard InChI is InChI=1S/C21H23N3O2/c1-14-11-15(7-9-23-14)20-17-5-3-2-4-6-19(17)24-21(18(20)12-22)26-16-8-10-25-13-16/h7,9,11,16H,2-6,8,10,13H2,1H3/t16-/m0/s1. The quantitative estimate of drug-likeness (QED) is 0.789. The van der Waals surface area contributed by atoms with Crippen molar-refractivity contribution in [3.8, 4) is 23.1 Å². The average Bonchev–Trinajstić information content (AvgIpc) is 3.04. The van der Waals surface area contributed by atoms with E-state index in [-0.39, 0.29) is 6.10 Å². The van der Waals surface area contributed by atoms with Crippen LogP contribution >= 0.6 is 0 Å². The summed E-state index contributed by atoms with van der Waals surface area (Å²) in [5.41, 5.74) is 5.79. The van der Waals surface area contributed by atoms with Crippen LogP contribution in [0.5, 0.6) is 5.88 Å². The highest BCUT2D eigenvalue weighted by molar-refractivity contribution is 5.77. The van der Waals surface area contributed by atoms with Crippen molar-refractivity contribution in [3.05, 3.63) is 40.8 Å². The largest absolute Gasteiger partial charge is 0.471 e. The third-order valence-electron chi connectivity index (χ3n) is 5.15. The van der Waals surface area contributed by atoms with Gasteiger partial charge >= 0.3 is 0 Å². The van der Waals surface area contributed by atoms with Crippen LogP contribution in [-0.4, -0.2) is 29.3 Å². The van der Waals surface area contributed by atoms with Crippen LogP contribution in [-0.2, 0) is 17.6 Å². The van der Waals surface area contributed by atoms with Crippen molar-refractivity contribution in [2.75, 3.05) is 13.2 Å². The van der Waals surface area contributed by atoms with E-state index in [1.807, 2.05) is 19.1 Å².